The Labute approximate surface area is 179 Å². The maximum atomic E-state index is 12.6. The number of aromatic nitrogens is 2. The minimum absolute atomic E-state index is 0.00239. The van der Waals surface area contributed by atoms with E-state index in [9.17, 15) is 9.59 Å². The Balaban J connectivity index is 1.36. The number of aryl methyl sites for hydroxylation is 2. The van der Waals surface area contributed by atoms with E-state index >= 15 is 0 Å². The standard InChI is InChI=1S/C22H27N5O2S/c1-14-16(3)30-22-19(14)21(29)24-20(25-22)15(2)27-11-9-26(10-12-27)13-18(28)23-17-7-5-4-6-8-17/h4-8,15H,9-13H2,1-3H3,(H,23,28)(H,24,25,29). The van der Waals surface area contributed by atoms with Gasteiger partial charge in [0.25, 0.3) is 5.56 Å². The van der Waals surface area contributed by atoms with E-state index in [4.69, 9.17) is 4.98 Å². The summed E-state index contributed by atoms with van der Waals surface area (Å²) in [6.45, 7) is 9.71. The van der Waals surface area contributed by atoms with Gasteiger partial charge in [0.1, 0.15) is 10.7 Å². The molecule has 0 bridgehead atoms. The predicted molar refractivity (Wildman–Crippen MR) is 121 cm³/mol. The average Bonchev–Trinajstić information content (AvgIpc) is 3.02. The molecule has 1 unspecified atom stereocenters. The van der Waals surface area contributed by atoms with Crippen molar-refractivity contribution in [3.8, 4) is 0 Å². The fourth-order valence-corrected chi connectivity index (χ4v) is 4.91. The number of H-pyrrole nitrogens is 1. The van der Waals surface area contributed by atoms with Crippen molar-refractivity contribution in [2.45, 2.75) is 26.8 Å². The SMILES string of the molecule is Cc1sc2nc(C(C)N3CCN(CC(=O)Nc4ccccc4)CC3)[nH]c(=O)c2c1C. The zero-order valence-electron chi connectivity index (χ0n) is 17.6. The van der Waals surface area contributed by atoms with Gasteiger partial charge in [0, 0.05) is 36.7 Å². The van der Waals surface area contributed by atoms with Crippen LogP contribution in [0.4, 0.5) is 5.69 Å². The monoisotopic (exact) mass is 425 g/mol. The van der Waals surface area contributed by atoms with Crippen LogP contribution in [0.5, 0.6) is 0 Å². The van der Waals surface area contributed by atoms with Crippen molar-refractivity contribution in [1.82, 2.24) is 19.8 Å². The van der Waals surface area contributed by atoms with Crippen LogP contribution in [0.2, 0.25) is 0 Å². The van der Waals surface area contributed by atoms with Crippen molar-refractivity contribution in [2.75, 3.05) is 38.0 Å². The Bertz CT molecular complexity index is 1100. The van der Waals surface area contributed by atoms with Crippen LogP contribution in [0.15, 0.2) is 35.1 Å². The molecule has 0 aliphatic carbocycles. The highest BCUT2D eigenvalue weighted by molar-refractivity contribution is 7.18. The van der Waals surface area contributed by atoms with Crippen molar-refractivity contribution >= 4 is 33.1 Å². The molecular formula is C22H27N5O2S. The maximum Gasteiger partial charge on any atom is 0.259 e. The molecule has 1 aliphatic heterocycles. The Hall–Kier alpha value is -2.55. The van der Waals surface area contributed by atoms with E-state index in [0.717, 1.165) is 47.1 Å². The molecule has 2 aromatic heterocycles. The first-order chi connectivity index (χ1) is 14.4. The molecule has 2 N–H and O–H groups in total. The summed E-state index contributed by atoms with van der Waals surface area (Å²) in [7, 11) is 0. The lowest BCUT2D eigenvalue weighted by Crippen LogP contribution is -2.49. The maximum absolute atomic E-state index is 12.6. The Morgan fingerprint density at radius 1 is 1.20 bits per heavy atom. The van der Waals surface area contributed by atoms with E-state index in [-0.39, 0.29) is 17.5 Å². The number of nitrogens with zero attached hydrogens (tertiary/aromatic N) is 3. The van der Waals surface area contributed by atoms with Crippen LogP contribution in [0.3, 0.4) is 0 Å². The number of amides is 1. The lowest BCUT2D eigenvalue weighted by atomic mass is 10.2. The predicted octanol–water partition coefficient (Wildman–Crippen LogP) is 2.92. The summed E-state index contributed by atoms with van der Waals surface area (Å²) >= 11 is 1.58. The molecule has 0 spiro atoms. The summed E-state index contributed by atoms with van der Waals surface area (Å²) < 4.78 is 0. The van der Waals surface area contributed by atoms with Crippen LogP contribution >= 0.6 is 11.3 Å². The van der Waals surface area contributed by atoms with Gasteiger partial charge >= 0.3 is 0 Å². The summed E-state index contributed by atoms with van der Waals surface area (Å²) in [4.78, 5) is 39.0. The zero-order valence-corrected chi connectivity index (χ0v) is 18.4. The highest BCUT2D eigenvalue weighted by Gasteiger charge is 2.25. The van der Waals surface area contributed by atoms with Gasteiger partial charge in [-0.3, -0.25) is 19.4 Å². The van der Waals surface area contributed by atoms with Crippen molar-refractivity contribution in [3.05, 3.63) is 57.0 Å². The number of carbonyl (C=O) groups is 1. The van der Waals surface area contributed by atoms with Gasteiger partial charge in [0.15, 0.2) is 0 Å². The van der Waals surface area contributed by atoms with E-state index in [1.54, 1.807) is 11.3 Å². The van der Waals surface area contributed by atoms with Gasteiger partial charge < -0.3 is 10.3 Å². The molecule has 0 radical (unpaired) electrons. The van der Waals surface area contributed by atoms with Crippen LogP contribution in [0, 0.1) is 13.8 Å². The molecule has 1 aliphatic rings. The number of thiophene rings is 1. The molecule has 1 amide bonds. The molecule has 1 fully saturated rings. The molecule has 7 nitrogen and oxygen atoms in total. The van der Waals surface area contributed by atoms with Crippen LogP contribution in [0.25, 0.3) is 10.2 Å². The summed E-state index contributed by atoms with van der Waals surface area (Å²) in [6.07, 6.45) is 0. The molecule has 1 atom stereocenters. The third-order valence-electron chi connectivity index (χ3n) is 5.83. The molecule has 158 valence electrons. The first kappa shape index (κ1) is 20.7. The van der Waals surface area contributed by atoms with Gasteiger partial charge in [0.2, 0.25) is 5.91 Å². The zero-order chi connectivity index (χ0) is 21.3. The van der Waals surface area contributed by atoms with E-state index < -0.39 is 0 Å². The second-order valence-corrected chi connectivity index (χ2v) is 9.02. The van der Waals surface area contributed by atoms with Gasteiger partial charge in [-0.1, -0.05) is 18.2 Å². The number of nitrogens with one attached hydrogen (secondary N) is 2. The number of aromatic amines is 1. The van der Waals surface area contributed by atoms with Gasteiger partial charge in [-0.2, -0.15) is 0 Å². The number of hydrogen-bond donors (Lipinski definition) is 2. The largest absolute Gasteiger partial charge is 0.325 e. The molecule has 4 rings (SSSR count). The van der Waals surface area contributed by atoms with E-state index in [1.165, 1.54) is 0 Å². The summed E-state index contributed by atoms with van der Waals surface area (Å²) in [5, 5.41) is 3.65. The lowest BCUT2D eigenvalue weighted by Gasteiger charge is -2.37. The average molecular weight is 426 g/mol. The van der Waals surface area contributed by atoms with Crippen molar-refractivity contribution in [2.24, 2.45) is 0 Å². The molecule has 0 saturated carbocycles. The normalized spacial score (nSPS) is 16.6. The minimum atomic E-state index is -0.0556. The number of carbonyl (C=O) groups excluding carboxylic acids is 1. The van der Waals surface area contributed by atoms with Gasteiger partial charge in [-0.05, 0) is 38.5 Å². The van der Waals surface area contributed by atoms with Crippen molar-refractivity contribution < 1.29 is 4.79 Å². The van der Waals surface area contributed by atoms with Crippen molar-refractivity contribution in [3.63, 3.8) is 0 Å². The molecule has 1 aromatic carbocycles. The Morgan fingerprint density at radius 3 is 2.60 bits per heavy atom. The topological polar surface area (TPSA) is 81.3 Å². The number of para-hydroxylation sites is 1. The highest BCUT2D eigenvalue weighted by Crippen LogP contribution is 2.27. The van der Waals surface area contributed by atoms with Crippen LogP contribution < -0.4 is 10.9 Å². The first-order valence-electron chi connectivity index (χ1n) is 10.2. The van der Waals surface area contributed by atoms with Crippen LogP contribution in [0.1, 0.15) is 29.2 Å². The molecule has 8 heteroatoms. The van der Waals surface area contributed by atoms with E-state index in [2.05, 4.69) is 27.0 Å². The third-order valence-corrected chi connectivity index (χ3v) is 6.93. The number of benzene rings is 1. The summed E-state index contributed by atoms with van der Waals surface area (Å²) in [5.41, 5.74) is 1.78. The van der Waals surface area contributed by atoms with Crippen molar-refractivity contribution in [1.29, 1.82) is 0 Å². The van der Waals surface area contributed by atoms with Gasteiger partial charge in [-0.15, -0.1) is 11.3 Å². The van der Waals surface area contributed by atoms with Crippen LogP contribution in [-0.2, 0) is 4.79 Å². The number of piperazine rings is 1. The van der Waals surface area contributed by atoms with Crippen LogP contribution in [-0.4, -0.2) is 58.4 Å². The molecular weight excluding hydrogens is 398 g/mol. The second-order valence-electron chi connectivity index (χ2n) is 7.82. The third kappa shape index (κ3) is 4.30. The number of rotatable bonds is 5. The number of hydrogen-bond acceptors (Lipinski definition) is 6. The number of fused-ring (bicyclic) bond motifs is 1. The first-order valence-corrected chi connectivity index (χ1v) is 11.0. The minimum Gasteiger partial charge on any atom is -0.325 e. The smallest absolute Gasteiger partial charge is 0.259 e. The Morgan fingerprint density at radius 2 is 1.90 bits per heavy atom. The Kier molecular flexibility index (Phi) is 5.99. The van der Waals surface area contributed by atoms with Gasteiger partial charge in [0.05, 0.1) is 18.0 Å². The van der Waals surface area contributed by atoms with E-state index in [0.29, 0.717) is 17.8 Å². The second kappa shape index (κ2) is 8.67. The molecule has 3 aromatic rings. The number of anilines is 1. The molecule has 3 heterocycles. The fraction of sp³-hybridized carbons (Fsp3) is 0.409. The molecule has 1 saturated heterocycles. The van der Waals surface area contributed by atoms with E-state index in [1.807, 2.05) is 44.2 Å². The fourth-order valence-electron chi connectivity index (χ4n) is 3.88. The lowest BCUT2D eigenvalue weighted by molar-refractivity contribution is -0.117. The summed E-state index contributed by atoms with van der Waals surface area (Å²) in [5.74, 6) is 0.714. The van der Waals surface area contributed by atoms with Gasteiger partial charge in [-0.25, -0.2) is 4.98 Å². The molecule has 30 heavy (non-hydrogen) atoms. The summed E-state index contributed by atoms with van der Waals surface area (Å²) in [6, 6.07) is 9.54. The quantitative estimate of drug-likeness (QED) is 0.657. The highest BCUT2D eigenvalue weighted by atomic mass is 32.1.